The molecule has 1 amide bonds. The zero-order chi connectivity index (χ0) is 20.2. The number of nitrogens with zero attached hydrogens (tertiary/aromatic N) is 4. The van der Waals surface area contributed by atoms with Crippen LogP contribution in [0.15, 0.2) is 29.8 Å². The summed E-state index contributed by atoms with van der Waals surface area (Å²) in [6.45, 7) is 10.3. The lowest BCUT2D eigenvalue weighted by molar-refractivity contribution is -0.133. The summed E-state index contributed by atoms with van der Waals surface area (Å²) in [5.74, 6) is 0.307. The predicted molar refractivity (Wildman–Crippen MR) is 120 cm³/mol. The average Bonchev–Trinajstić information content (AvgIpc) is 3.17. The van der Waals surface area contributed by atoms with Crippen LogP contribution in [-0.4, -0.2) is 66.0 Å². The molecule has 2 saturated heterocycles. The van der Waals surface area contributed by atoms with Crippen molar-refractivity contribution in [3.8, 4) is 0 Å². The monoisotopic (exact) mass is 412 g/mol. The fraction of sp³-hybridized carbons (Fsp3) is 0.565. The average molecular weight is 413 g/mol. The Labute approximate surface area is 178 Å². The summed E-state index contributed by atoms with van der Waals surface area (Å²) in [5, 5.41) is 0. The molecular weight excluding hydrogens is 380 g/mol. The van der Waals surface area contributed by atoms with Crippen molar-refractivity contribution in [2.45, 2.75) is 45.6 Å². The molecule has 0 saturated carbocycles. The first-order chi connectivity index (χ1) is 14.1. The Bertz CT molecular complexity index is 828. The SMILES string of the molecule is Cc1ccccc1N1CCN([C@@H]2CCCN(C(=O)CCc3scnc3C)C2)CC1. The third-order valence-corrected chi connectivity index (χ3v) is 7.44. The summed E-state index contributed by atoms with van der Waals surface area (Å²) in [4.78, 5) is 25.6. The molecular formula is C23H32N4OS. The fourth-order valence-electron chi connectivity index (χ4n) is 4.67. The molecule has 5 nitrogen and oxygen atoms in total. The molecule has 1 aromatic heterocycles. The Morgan fingerprint density at radius 2 is 1.93 bits per heavy atom. The maximum absolute atomic E-state index is 12.8. The van der Waals surface area contributed by atoms with Crippen molar-refractivity contribution in [1.82, 2.24) is 14.8 Å². The number of piperidine rings is 1. The molecule has 0 aliphatic carbocycles. The molecule has 3 heterocycles. The number of benzene rings is 1. The van der Waals surface area contributed by atoms with Crippen molar-refractivity contribution in [2.24, 2.45) is 0 Å². The summed E-state index contributed by atoms with van der Waals surface area (Å²) >= 11 is 1.67. The van der Waals surface area contributed by atoms with Crippen LogP contribution in [0.1, 0.15) is 35.4 Å². The van der Waals surface area contributed by atoms with E-state index in [1.54, 1.807) is 11.3 Å². The molecule has 0 spiro atoms. The van der Waals surface area contributed by atoms with Crippen molar-refractivity contribution < 1.29 is 4.79 Å². The highest BCUT2D eigenvalue weighted by atomic mass is 32.1. The van der Waals surface area contributed by atoms with Crippen LogP contribution in [-0.2, 0) is 11.2 Å². The van der Waals surface area contributed by atoms with E-state index in [4.69, 9.17) is 0 Å². The molecule has 0 radical (unpaired) electrons. The molecule has 1 atom stereocenters. The number of amides is 1. The van der Waals surface area contributed by atoms with Gasteiger partial charge in [-0.2, -0.15) is 0 Å². The summed E-state index contributed by atoms with van der Waals surface area (Å²) in [7, 11) is 0. The van der Waals surface area contributed by atoms with Crippen molar-refractivity contribution in [1.29, 1.82) is 0 Å². The Morgan fingerprint density at radius 3 is 2.66 bits per heavy atom. The van der Waals surface area contributed by atoms with E-state index in [1.807, 2.05) is 12.4 Å². The van der Waals surface area contributed by atoms with Gasteiger partial charge in [0.25, 0.3) is 0 Å². The second-order valence-corrected chi connectivity index (χ2v) is 9.25. The number of hydrogen-bond donors (Lipinski definition) is 0. The van der Waals surface area contributed by atoms with Gasteiger partial charge in [0.15, 0.2) is 0 Å². The maximum Gasteiger partial charge on any atom is 0.222 e. The molecule has 1 aromatic carbocycles. The first-order valence-corrected chi connectivity index (χ1v) is 11.7. The third-order valence-electron chi connectivity index (χ3n) is 6.45. The number of aryl methyl sites for hydroxylation is 3. The number of thiazole rings is 1. The lowest BCUT2D eigenvalue weighted by Gasteiger charge is -2.44. The summed E-state index contributed by atoms with van der Waals surface area (Å²) in [5.41, 5.74) is 5.67. The lowest BCUT2D eigenvalue weighted by atomic mass is 10.0. The number of carbonyl (C=O) groups excluding carboxylic acids is 1. The fourth-order valence-corrected chi connectivity index (χ4v) is 5.45. The van der Waals surface area contributed by atoms with E-state index in [-0.39, 0.29) is 0 Å². The van der Waals surface area contributed by atoms with Gasteiger partial charge < -0.3 is 9.80 Å². The van der Waals surface area contributed by atoms with Crippen LogP contribution in [0.25, 0.3) is 0 Å². The first kappa shape index (κ1) is 20.4. The van der Waals surface area contributed by atoms with Crippen LogP contribution in [0.5, 0.6) is 0 Å². The highest BCUT2D eigenvalue weighted by Crippen LogP contribution is 2.24. The summed E-state index contributed by atoms with van der Waals surface area (Å²) in [6.07, 6.45) is 3.76. The normalized spacial score (nSPS) is 20.8. The molecule has 4 rings (SSSR count). The van der Waals surface area contributed by atoms with Crippen LogP contribution in [0.4, 0.5) is 5.69 Å². The molecule has 2 fully saturated rings. The second kappa shape index (κ2) is 9.26. The number of anilines is 1. The number of hydrogen-bond acceptors (Lipinski definition) is 5. The molecule has 2 aliphatic heterocycles. The molecule has 0 unspecified atom stereocenters. The van der Waals surface area contributed by atoms with E-state index < -0.39 is 0 Å². The van der Waals surface area contributed by atoms with Crippen molar-refractivity contribution in [2.75, 3.05) is 44.2 Å². The van der Waals surface area contributed by atoms with Crippen LogP contribution >= 0.6 is 11.3 Å². The van der Waals surface area contributed by atoms with Gasteiger partial charge in [-0.15, -0.1) is 11.3 Å². The molecule has 0 bridgehead atoms. The Hall–Kier alpha value is -1.92. The van der Waals surface area contributed by atoms with Crippen LogP contribution in [0.2, 0.25) is 0 Å². The smallest absolute Gasteiger partial charge is 0.222 e. The Morgan fingerprint density at radius 1 is 1.14 bits per heavy atom. The highest BCUT2D eigenvalue weighted by molar-refractivity contribution is 7.09. The Balaban J connectivity index is 1.28. The summed E-state index contributed by atoms with van der Waals surface area (Å²) in [6, 6.07) is 9.18. The van der Waals surface area contributed by atoms with Gasteiger partial charge in [-0.1, -0.05) is 18.2 Å². The molecule has 29 heavy (non-hydrogen) atoms. The lowest BCUT2D eigenvalue weighted by Crippen LogP contribution is -2.56. The van der Waals surface area contributed by atoms with Gasteiger partial charge >= 0.3 is 0 Å². The van der Waals surface area contributed by atoms with E-state index in [0.29, 0.717) is 18.4 Å². The maximum atomic E-state index is 12.8. The van der Waals surface area contributed by atoms with E-state index in [9.17, 15) is 4.79 Å². The minimum absolute atomic E-state index is 0.307. The molecule has 0 N–H and O–H groups in total. The minimum Gasteiger partial charge on any atom is -0.369 e. The summed E-state index contributed by atoms with van der Waals surface area (Å²) < 4.78 is 0. The topological polar surface area (TPSA) is 39.7 Å². The van der Waals surface area contributed by atoms with Crippen LogP contribution in [0, 0.1) is 13.8 Å². The number of para-hydroxylation sites is 1. The molecule has 2 aromatic rings. The van der Waals surface area contributed by atoms with E-state index >= 15 is 0 Å². The van der Waals surface area contributed by atoms with Gasteiger partial charge in [-0.25, -0.2) is 4.98 Å². The van der Waals surface area contributed by atoms with Gasteiger partial charge in [0.1, 0.15) is 0 Å². The predicted octanol–water partition coefficient (Wildman–Crippen LogP) is 3.51. The number of aromatic nitrogens is 1. The zero-order valence-electron chi connectivity index (χ0n) is 17.6. The number of rotatable bonds is 5. The van der Waals surface area contributed by atoms with E-state index in [1.165, 1.54) is 22.5 Å². The first-order valence-electron chi connectivity index (χ1n) is 10.8. The number of carbonyl (C=O) groups is 1. The second-order valence-electron chi connectivity index (χ2n) is 8.31. The molecule has 6 heteroatoms. The third kappa shape index (κ3) is 4.81. The van der Waals surface area contributed by atoms with Crippen LogP contribution < -0.4 is 4.90 Å². The number of piperazine rings is 1. The quantitative estimate of drug-likeness (QED) is 0.754. The van der Waals surface area contributed by atoms with E-state index in [0.717, 1.165) is 57.8 Å². The molecule has 2 aliphatic rings. The van der Waals surface area contributed by atoms with Gasteiger partial charge in [0.05, 0.1) is 11.2 Å². The van der Waals surface area contributed by atoms with Gasteiger partial charge in [-0.3, -0.25) is 9.69 Å². The Kier molecular flexibility index (Phi) is 6.50. The van der Waals surface area contributed by atoms with Crippen molar-refractivity contribution in [3.63, 3.8) is 0 Å². The highest BCUT2D eigenvalue weighted by Gasteiger charge is 2.30. The largest absolute Gasteiger partial charge is 0.369 e. The van der Waals surface area contributed by atoms with Crippen molar-refractivity contribution in [3.05, 3.63) is 45.9 Å². The van der Waals surface area contributed by atoms with Crippen LogP contribution in [0.3, 0.4) is 0 Å². The number of likely N-dealkylation sites (tertiary alicyclic amines) is 1. The zero-order valence-corrected chi connectivity index (χ0v) is 18.5. The van der Waals surface area contributed by atoms with Gasteiger partial charge in [0.2, 0.25) is 5.91 Å². The minimum atomic E-state index is 0.307. The van der Waals surface area contributed by atoms with Crippen molar-refractivity contribution >= 4 is 22.9 Å². The molecule has 156 valence electrons. The van der Waals surface area contributed by atoms with Gasteiger partial charge in [-0.05, 0) is 44.7 Å². The van der Waals surface area contributed by atoms with E-state index in [2.05, 4.69) is 50.9 Å². The van der Waals surface area contributed by atoms with Gasteiger partial charge in [0, 0.05) is 62.3 Å². The standard InChI is InChI=1S/C23H32N4OS/c1-18-6-3-4-8-21(18)26-14-12-25(13-15-26)20-7-5-11-27(16-20)23(28)10-9-22-19(2)24-17-29-22/h3-4,6,8,17,20H,5,7,9-16H2,1-2H3/t20-/m1/s1.